The minimum Gasteiger partial charge on any atom is -0.493 e. The van der Waals surface area contributed by atoms with Crippen LogP contribution in [0.3, 0.4) is 0 Å². The SMILES string of the molecule is Cn1c(O)c(/C=C2/C=Nc3ccccc32)sc1=S. The van der Waals surface area contributed by atoms with Crippen LogP contribution in [0.2, 0.25) is 0 Å². The first-order chi connectivity index (χ1) is 8.66. The first-order valence-electron chi connectivity index (χ1n) is 5.41. The Morgan fingerprint density at radius 2 is 2.17 bits per heavy atom. The number of allylic oxidation sites excluding steroid dienone is 1. The van der Waals surface area contributed by atoms with Gasteiger partial charge in [-0.25, -0.2) is 0 Å². The van der Waals surface area contributed by atoms with Crippen LogP contribution in [0.1, 0.15) is 10.4 Å². The summed E-state index contributed by atoms with van der Waals surface area (Å²) in [6.45, 7) is 0. The van der Waals surface area contributed by atoms with Crippen LogP contribution in [-0.4, -0.2) is 15.9 Å². The third-order valence-corrected chi connectivity index (χ3v) is 4.35. The molecule has 0 saturated heterocycles. The Labute approximate surface area is 113 Å². The minimum absolute atomic E-state index is 0.204. The Balaban J connectivity index is 2.12. The summed E-state index contributed by atoms with van der Waals surface area (Å²) >= 11 is 6.53. The monoisotopic (exact) mass is 274 g/mol. The maximum atomic E-state index is 9.94. The number of para-hydroxylation sites is 1. The largest absolute Gasteiger partial charge is 0.493 e. The molecule has 3 nitrogen and oxygen atoms in total. The second kappa shape index (κ2) is 4.19. The fraction of sp³-hybridized carbons (Fsp3) is 0.0769. The van der Waals surface area contributed by atoms with Gasteiger partial charge in [-0.05, 0) is 24.4 Å². The molecule has 3 rings (SSSR count). The van der Waals surface area contributed by atoms with Crippen LogP contribution in [0.15, 0.2) is 29.3 Å². The third kappa shape index (κ3) is 1.72. The molecule has 0 fully saturated rings. The number of nitrogens with zero attached hydrogens (tertiary/aromatic N) is 2. The van der Waals surface area contributed by atoms with Crippen LogP contribution in [0, 0.1) is 3.95 Å². The van der Waals surface area contributed by atoms with Gasteiger partial charge in [-0.1, -0.05) is 18.2 Å². The number of aliphatic imine (C=N–C) groups is 1. The molecule has 1 aromatic heterocycles. The van der Waals surface area contributed by atoms with Gasteiger partial charge in [0.05, 0.1) is 10.6 Å². The zero-order valence-corrected chi connectivity index (χ0v) is 11.3. The number of benzene rings is 1. The topological polar surface area (TPSA) is 37.5 Å². The molecule has 0 amide bonds. The zero-order valence-electron chi connectivity index (χ0n) is 9.62. The van der Waals surface area contributed by atoms with Gasteiger partial charge in [0.2, 0.25) is 5.88 Å². The summed E-state index contributed by atoms with van der Waals surface area (Å²) < 4.78 is 2.26. The second-order valence-corrected chi connectivity index (χ2v) is 5.67. The molecule has 0 saturated carbocycles. The van der Waals surface area contributed by atoms with E-state index in [-0.39, 0.29) is 5.88 Å². The maximum absolute atomic E-state index is 9.94. The van der Waals surface area contributed by atoms with Crippen LogP contribution in [0.25, 0.3) is 11.6 Å². The molecule has 1 aliphatic heterocycles. The normalized spacial score (nSPS) is 15.3. The minimum atomic E-state index is 0.204. The summed E-state index contributed by atoms with van der Waals surface area (Å²) in [7, 11) is 1.76. The van der Waals surface area contributed by atoms with E-state index in [1.54, 1.807) is 11.6 Å². The van der Waals surface area contributed by atoms with E-state index >= 15 is 0 Å². The molecule has 18 heavy (non-hydrogen) atoms. The van der Waals surface area contributed by atoms with Gasteiger partial charge in [0.1, 0.15) is 0 Å². The molecule has 0 spiro atoms. The fourth-order valence-electron chi connectivity index (χ4n) is 1.85. The van der Waals surface area contributed by atoms with E-state index in [9.17, 15) is 5.11 Å². The molecule has 0 radical (unpaired) electrons. The Morgan fingerprint density at radius 3 is 2.89 bits per heavy atom. The van der Waals surface area contributed by atoms with E-state index < -0.39 is 0 Å². The fourth-order valence-corrected chi connectivity index (χ4v) is 3.03. The predicted octanol–water partition coefficient (Wildman–Crippen LogP) is 3.78. The molecule has 0 bridgehead atoms. The number of thiazole rings is 1. The van der Waals surface area contributed by atoms with Crippen molar-refractivity contribution in [2.24, 2.45) is 12.0 Å². The number of rotatable bonds is 1. The Morgan fingerprint density at radius 1 is 1.39 bits per heavy atom. The lowest BCUT2D eigenvalue weighted by Gasteiger charge is -1.98. The van der Waals surface area contributed by atoms with Gasteiger partial charge in [0, 0.05) is 24.4 Å². The summed E-state index contributed by atoms with van der Waals surface area (Å²) in [4.78, 5) is 5.10. The Kier molecular flexibility index (Phi) is 2.65. The molecule has 0 aliphatic carbocycles. The third-order valence-electron chi connectivity index (χ3n) is 2.85. The van der Waals surface area contributed by atoms with Crippen molar-refractivity contribution in [3.63, 3.8) is 0 Å². The van der Waals surface area contributed by atoms with Crippen molar-refractivity contribution >= 4 is 47.1 Å². The molecule has 0 atom stereocenters. The maximum Gasteiger partial charge on any atom is 0.210 e. The molecule has 1 aliphatic rings. The van der Waals surface area contributed by atoms with Crippen molar-refractivity contribution in [1.29, 1.82) is 0 Å². The first kappa shape index (κ1) is 11.4. The number of hydrogen-bond donors (Lipinski definition) is 1. The van der Waals surface area contributed by atoms with E-state index in [2.05, 4.69) is 4.99 Å². The summed E-state index contributed by atoms with van der Waals surface area (Å²) in [5.41, 5.74) is 3.04. The lowest BCUT2D eigenvalue weighted by atomic mass is 10.1. The van der Waals surface area contributed by atoms with E-state index in [1.807, 2.05) is 36.6 Å². The number of aromatic hydroxyl groups is 1. The van der Waals surface area contributed by atoms with Gasteiger partial charge in [-0.3, -0.25) is 9.56 Å². The average Bonchev–Trinajstić information content (AvgIpc) is 2.89. The number of hydrogen-bond acceptors (Lipinski definition) is 4. The van der Waals surface area contributed by atoms with Crippen LogP contribution >= 0.6 is 23.6 Å². The predicted molar refractivity (Wildman–Crippen MR) is 78.3 cm³/mol. The quantitative estimate of drug-likeness (QED) is 0.804. The van der Waals surface area contributed by atoms with Crippen LogP contribution in [0.5, 0.6) is 5.88 Å². The van der Waals surface area contributed by atoms with Crippen LogP contribution < -0.4 is 0 Å². The Bertz CT molecular complexity index is 738. The van der Waals surface area contributed by atoms with Crippen molar-refractivity contribution in [1.82, 2.24) is 4.57 Å². The number of aromatic nitrogens is 1. The standard InChI is InChI=1S/C13H10N2OS2/c1-15-12(16)11(18-13(15)17)6-8-7-14-10-5-3-2-4-9(8)10/h2-7,16H,1H3/b8-6-. The van der Waals surface area contributed by atoms with Gasteiger partial charge in [0.15, 0.2) is 3.95 Å². The smallest absolute Gasteiger partial charge is 0.210 e. The molecule has 2 aromatic rings. The van der Waals surface area contributed by atoms with Gasteiger partial charge >= 0.3 is 0 Å². The van der Waals surface area contributed by atoms with Crippen molar-refractivity contribution < 1.29 is 5.11 Å². The van der Waals surface area contributed by atoms with Crippen molar-refractivity contribution in [3.05, 3.63) is 38.7 Å². The average molecular weight is 274 g/mol. The highest BCUT2D eigenvalue weighted by Crippen LogP contribution is 2.35. The van der Waals surface area contributed by atoms with E-state index in [4.69, 9.17) is 12.2 Å². The molecule has 1 N–H and O–H groups in total. The lowest BCUT2D eigenvalue weighted by molar-refractivity contribution is 0.430. The molecule has 90 valence electrons. The molecule has 1 aromatic carbocycles. The van der Waals surface area contributed by atoms with Crippen molar-refractivity contribution in [2.75, 3.05) is 0 Å². The summed E-state index contributed by atoms with van der Waals surface area (Å²) in [6.07, 6.45) is 3.73. The summed E-state index contributed by atoms with van der Waals surface area (Å²) in [6, 6.07) is 7.93. The molecule has 2 heterocycles. The zero-order chi connectivity index (χ0) is 12.7. The van der Waals surface area contributed by atoms with Crippen LogP contribution in [0.4, 0.5) is 5.69 Å². The second-order valence-electron chi connectivity index (χ2n) is 3.99. The first-order valence-corrected chi connectivity index (χ1v) is 6.63. The van der Waals surface area contributed by atoms with Gasteiger partial charge < -0.3 is 5.11 Å². The van der Waals surface area contributed by atoms with E-state index in [1.165, 1.54) is 11.3 Å². The highest BCUT2D eigenvalue weighted by Gasteiger charge is 2.13. The molecule has 5 heteroatoms. The van der Waals surface area contributed by atoms with Gasteiger partial charge in [-0.2, -0.15) is 0 Å². The highest BCUT2D eigenvalue weighted by molar-refractivity contribution is 7.73. The molecular formula is C13H10N2OS2. The molecule has 0 unspecified atom stereocenters. The lowest BCUT2D eigenvalue weighted by Crippen LogP contribution is -1.85. The van der Waals surface area contributed by atoms with Gasteiger partial charge in [0.25, 0.3) is 0 Å². The summed E-state index contributed by atoms with van der Waals surface area (Å²) in [5.74, 6) is 0.204. The molecular weight excluding hydrogens is 264 g/mol. The van der Waals surface area contributed by atoms with Gasteiger partial charge in [-0.15, -0.1) is 11.3 Å². The number of fused-ring (bicyclic) bond motifs is 1. The van der Waals surface area contributed by atoms with E-state index in [0.29, 0.717) is 3.95 Å². The van der Waals surface area contributed by atoms with Crippen LogP contribution in [-0.2, 0) is 7.05 Å². The van der Waals surface area contributed by atoms with Crippen molar-refractivity contribution in [2.45, 2.75) is 0 Å². The summed E-state index contributed by atoms with van der Waals surface area (Å²) in [5, 5.41) is 9.94. The Hall–Kier alpha value is -1.72. The highest BCUT2D eigenvalue weighted by atomic mass is 32.1. The van der Waals surface area contributed by atoms with Crippen molar-refractivity contribution in [3.8, 4) is 5.88 Å². The van der Waals surface area contributed by atoms with E-state index in [0.717, 1.165) is 21.7 Å².